The first-order valence-corrected chi connectivity index (χ1v) is 4.03. The average molecular weight is 180 g/mol. The van der Waals surface area contributed by atoms with Gasteiger partial charge in [-0.25, -0.2) is 4.79 Å². The minimum absolute atomic E-state index is 0.381. The fraction of sp³-hybridized carbons (Fsp3) is 0.300. The van der Waals surface area contributed by atoms with Crippen molar-refractivity contribution in [2.24, 2.45) is 0 Å². The molecule has 0 bridgehead atoms. The summed E-state index contributed by atoms with van der Waals surface area (Å²) in [6, 6.07) is 8.91. The number of carbonyl (C=O) groups is 1. The van der Waals surface area contributed by atoms with Crippen LogP contribution in [-0.4, -0.2) is 19.2 Å². The van der Waals surface area contributed by atoms with Gasteiger partial charge in [-0.2, -0.15) is 0 Å². The average Bonchev–Trinajstić information content (AvgIpc) is 2.18. The molecule has 1 aromatic carbocycles. The van der Waals surface area contributed by atoms with E-state index in [1.54, 1.807) is 31.2 Å². The van der Waals surface area contributed by atoms with Crippen molar-refractivity contribution in [1.82, 2.24) is 0 Å². The minimum atomic E-state index is -0.528. The van der Waals surface area contributed by atoms with E-state index in [2.05, 4.69) is 0 Å². The molecule has 13 heavy (non-hydrogen) atoms. The summed E-state index contributed by atoms with van der Waals surface area (Å²) in [6.07, 6.45) is -0.528. The van der Waals surface area contributed by atoms with Crippen molar-refractivity contribution in [2.75, 3.05) is 7.11 Å². The Kier molecular flexibility index (Phi) is 3.46. The largest absolute Gasteiger partial charge is 0.425 e. The van der Waals surface area contributed by atoms with E-state index in [1.807, 2.05) is 6.07 Å². The van der Waals surface area contributed by atoms with Gasteiger partial charge in [0, 0.05) is 7.11 Å². The molecule has 0 aliphatic carbocycles. The third-order valence-corrected chi connectivity index (χ3v) is 1.65. The van der Waals surface area contributed by atoms with Crippen LogP contribution in [0.25, 0.3) is 0 Å². The molecule has 0 radical (unpaired) electrons. The number of carbonyl (C=O) groups excluding carboxylic acids is 1. The van der Waals surface area contributed by atoms with Crippen molar-refractivity contribution in [3.05, 3.63) is 30.3 Å². The highest BCUT2D eigenvalue weighted by Gasteiger charge is 2.13. The van der Waals surface area contributed by atoms with Crippen molar-refractivity contribution in [1.29, 1.82) is 0 Å². The van der Waals surface area contributed by atoms with Crippen LogP contribution in [0.15, 0.2) is 30.3 Å². The van der Waals surface area contributed by atoms with Crippen LogP contribution in [0.3, 0.4) is 0 Å². The minimum Gasteiger partial charge on any atom is -0.425 e. The quantitative estimate of drug-likeness (QED) is 0.524. The van der Waals surface area contributed by atoms with E-state index in [9.17, 15) is 4.79 Å². The van der Waals surface area contributed by atoms with E-state index in [0.29, 0.717) is 5.75 Å². The first-order valence-electron chi connectivity index (χ1n) is 4.03. The molecule has 0 N–H and O–H groups in total. The number of esters is 1. The Bertz CT molecular complexity index is 269. The zero-order valence-electron chi connectivity index (χ0n) is 7.69. The second-order valence-corrected chi connectivity index (χ2v) is 2.61. The van der Waals surface area contributed by atoms with Gasteiger partial charge in [-0.3, -0.25) is 0 Å². The summed E-state index contributed by atoms with van der Waals surface area (Å²) in [4.78, 5) is 11.2. The Morgan fingerprint density at radius 1 is 1.31 bits per heavy atom. The van der Waals surface area contributed by atoms with Gasteiger partial charge in [0.2, 0.25) is 0 Å². The first kappa shape index (κ1) is 9.74. The molecule has 1 aromatic rings. The zero-order valence-corrected chi connectivity index (χ0v) is 7.69. The van der Waals surface area contributed by atoms with Crippen molar-refractivity contribution < 1.29 is 14.3 Å². The third kappa shape index (κ3) is 2.87. The van der Waals surface area contributed by atoms with Crippen LogP contribution in [0.5, 0.6) is 5.75 Å². The summed E-state index contributed by atoms with van der Waals surface area (Å²) in [6.45, 7) is 1.64. The van der Waals surface area contributed by atoms with E-state index >= 15 is 0 Å². The highest BCUT2D eigenvalue weighted by molar-refractivity contribution is 5.76. The van der Waals surface area contributed by atoms with Crippen molar-refractivity contribution in [2.45, 2.75) is 13.0 Å². The molecule has 0 fully saturated rings. The lowest BCUT2D eigenvalue weighted by Crippen LogP contribution is -2.24. The number of benzene rings is 1. The second kappa shape index (κ2) is 4.62. The Morgan fingerprint density at radius 3 is 2.46 bits per heavy atom. The van der Waals surface area contributed by atoms with Gasteiger partial charge in [-0.05, 0) is 19.1 Å². The van der Waals surface area contributed by atoms with Crippen LogP contribution >= 0.6 is 0 Å². The van der Waals surface area contributed by atoms with Crippen LogP contribution in [0.1, 0.15) is 6.92 Å². The van der Waals surface area contributed by atoms with Gasteiger partial charge < -0.3 is 9.47 Å². The van der Waals surface area contributed by atoms with Crippen LogP contribution < -0.4 is 4.74 Å². The SMILES string of the molecule is COC(C)C(=O)Oc1ccccc1. The molecule has 0 heterocycles. The summed E-state index contributed by atoms with van der Waals surface area (Å²) >= 11 is 0. The summed E-state index contributed by atoms with van der Waals surface area (Å²) < 4.78 is 9.81. The maximum atomic E-state index is 11.2. The molecule has 0 spiro atoms. The number of para-hydroxylation sites is 1. The molecule has 70 valence electrons. The number of methoxy groups -OCH3 is 1. The second-order valence-electron chi connectivity index (χ2n) is 2.61. The molecular weight excluding hydrogens is 168 g/mol. The predicted molar refractivity (Wildman–Crippen MR) is 48.5 cm³/mol. The van der Waals surface area contributed by atoms with Crippen LogP contribution in [-0.2, 0) is 9.53 Å². The monoisotopic (exact) mass is 180 g/mol. The first-order chi connectivity index (χ1) is 6.24. The maximum absolute atomic E-state index is 11.2. The van der Waals surface area contributed by atoms with E-state index in [4.69, 9.17) is 9.47 Å². The number of rotatable bonds is 3. The molecule has 0 saturated carbocycles. The molecule has 1 atom stereocenters. The lowest BCUT2D eigenvalue weighted by Gasteiger charge is -2.08. The smallest absolute Gasteiger partial charge is 0.340 e. The Balaban J connectivity index is 2.55. The zero-order chi connectivity index (χ0) is 9.68. The topological polar surface area (TPSA) is 35.5 Å². The van der Waals surface area contributed by atoms with Gasteiger partial charge in [-0.1, -0.05) is 18.2 Å². The molecule has 3 nitrogen and oxygen atoms in total. The van der Waals surface area contributed by atoms with Gasteiger partial charge >= 0.3 is 5.97 Å². The summed E-state index contributed by atoms with van der Waals surface area (Å²) in [5.74, 6) is 0.158. The van der Waals surface area contributed by atoms with Gasteiger partial charge in [0.05, 0.1) is 0 Å². The Hall–Kier alpha value is -1.35. The van der Waals surface area contributed by atoms with Crippen molar-refractivity contribution in [3.8, 4) is 5.75 Å². The molecule has 0 saturated heterocycles. The highest BCUT2D eigenvalue weighted by Crippen LogP contribution is 2.09. The summed E-state index contributed by atoms with van der Waals surface area (Å²) in [5.41, 5.74) is 0. The van der Waals surface area contributed by atoms with E-state index in [0.717, 1.165) is 0 Å². The van der Waals surface area contributed by atoms with Crippen molar-refractivity contribution >= 4 is 5.97 Å². The van der Waals surface area contributed by atoms with Crippen LogP contribution in [0, 0.1) is 0 Å². The fourth-order valence-electron chi connectivity index (χ4n) is 0.784. The van der Waals surface area contributed by atoms with Crippen LogP contribution in [0.2, 0.25) is 0 Å². The van der Waals surface area contributed by atoms with E-state index in [1.165, 1.54) is 7.11 Å². The van der Waals surface area contributed by atoms with Crippen LogP contribution in [0.4, 0.5) is 0 Å². The van der Waals surface area contributed by atoms with Gasteiger partial charge in [0.15, 0.2) is 6.10 Å². The molecular formula is C10H12O3. The Morgan fingerprint density at radius 2 is 1.92 bits per heavy atom. The fourth-order valence-corrected chi connectivity index (χ4v) is 0.784. The summed E-state index contributed by atoms with van der Waals surface area (Å²) in [5, 5.41) is 0. The maximum Gasteiger partial charge on any atom is 0.340 e. The van der Waals surface area contributed by atoms with Crippen molar-refractivity contribution in [3.63, 3.8) is 0 Å². The molecule has 0 aliphatic heterocycles. The highest BCUT2D eigenvalue weighted by atomic mass is 16.6. The lowest BCUT2D eigenvalue weighted by molar-refractivity contribution is -0.144. The molecule has 1 unspecified atom stereocenters. The number of ether oxygens (including phenoxy) is 2. The summed E-state index contributed by atoms with van der Waals surface area (Å²) in [7, 11) is 1.47. The third-order valence-electron chi connectivity index (χ3n) is 1.65. The lowest BCUT2D eigenvalue weighted by atomic mass is 10.3. The van der Waals surface area contributed by atoms with Gasteiger partial charge in [0.25, 0.3) is 0 Å². The normalized spacial score (nSPS) is 12.2. The number of hydrogen-bond acceptors (Lipinski definition) is 3. The molecule has 1 rings (SSSR count). The predicted octanol–water partition coefficient (Wildman–Crippen LogP) is 1.63. The number of hydrogen-bond donors (Lipinski definition) is 0. The molecule has 3 heteroatoms. The van der Waals surface area contributed by atoms with Gasteiger partial charge in [-0.15, -0.1) is 0 Å². The molecule has 0 aromatic heterocycles. The standard InChI is InChI=1S/C10H12O3/c1-8(12-2)10(11)13-9-6-4-3-5-7-9/h3-8H,1-2H3. The molecule has 0 amide bonds. The molecule has 0 aliphatic rings. The van der Waals surface area contributed by atoms with E-state index < -0.39 is 6.10 Å². The Labute approximate surface area is 77.3 Å². The van der Waals surface area contributed by atoms with E-state index in [-0.39, 0.29) is 5.97 Å². The van der Waals surface area contributed by atoms with Gasteiger partial charge in [0.1, 0.15) is 5.75 Å².